The molecule has 0 unspecified atom stereocenters. The first kappa shape index (κ1) is 14.8. The second-order valence-electron chi connectivity index (χ2n) is 4.54. The molecule has 0 saturated heterocycles. The lowest BCUT2D eigenvalue weighted by Gasteiger charge is -2.08. The topological polar surface area (TPSA) is 37.8 Å². The van der Waals surface area contributed by atoms with E-state index in [4.69, 9.17) is 23.2 Å². The SMILES string of the molecule is Fc1cccc(-c2nc(Cl)cc(Nc3ccc(Cl)cc3)n2)c1. The Bertz CT molecular complexity index is 807. The van der Waals surface area contributed by atoms with Gasteiger partial charge in [0.15, 0.2) is 5.82 Å². The highest BCUT2D eigenvalue weighted by Crippen LogP contribution is 2.23. The minimum Gasteiger partial charge on any atom is -0.340 e. The van der Waals surface area contributed by atoms with Gasteiger partial charge < -0.3 is 5.32 Å². The normalized spacial score (nSPS) is 10.5. The van der Waals surface area contributed by atoms with Gasteiger partial charge in [0.25, 0.3) is 0 Å². The van der Waals surface area contributed by atoms with E-state index in [9.17, 15) is 4.39 Å². The summed E-state index contributed by atoms with van der Waals surface area (Å²) in [5.41, 5.74) is 1.37. The number of nitrogens with one attached hydrogen (secondary N) is 1. The van der Waals surface area contributed by atoms with Crippen molar-refractivity contribution in [2.24, 2.45) is 0 Å². The summed E-state index contributed by atoms with van der Waals surface area (Å²) in [6.45, 7) is 0. The number of hydrogen-bond acceptors (Lipinski definition) is 3. The van der Waals surface area contributed by atoms with Crippen molar-refractivity contribution in [3.63, 3.8) is 0 Å². The van der Waals surface area contributed by atoms with Crippen LogP contribution in [-0.2, 0) is 0 Å². The van der Waals surface area contributed by atoms with E-state index < -0.39 is 0 Å². The van der Waals surface area contributed by atoms with Crippen LogP contribution < -0.4 is 5.32 Å². The van der Waals surface area contributed by atoms with Crippen molar-refractivity contribution in [2.75, 3.05) is 5.32 Å². The van der Waals surface area contributed by atoms with Crippen molar-refractivity contribution in [3.8, 4) is 11.4 Å². The average Bonchev–Trinajstić information content (AvgIpc) is 2.49. The van der Waals surface area contributed by atoms with E-state index in [1.807, 2.05) is 12.1 Å². The zero-order valence-corrected chi connectivity index (χ0v) is 12.7. The first-order chi connectivity index (χ1) is 10.6. The third-order valence-electron chi connectivity index (χ3n) is 2.89. The molecule has 0 aliphatic carbocycles. The molecule has 1 N–H and O–H groups in total. The predicted octanol–water partition coefficient (Wildman–Crippen LogP) is 5.33. The Morgan fingerprint density at radius 1 is 0.909 bits per heavy atom. The molecule has 0 amide bonds. The maximum absolute atomic E-state index is 13.3. The molecule has 0 spiro atoms. The maximum atomic E-state index is 13.3. The largest absolute Gasteiger partial charge is 0.340 e. The fourth-order valence-electron chi connectivity index (χ4n) is 1.92. The standard InChI is InChI=1S/C16H10Cl2FN3/c17-11-4-6-13(7-5-11)20-15-9-14(18)21-16(22-15)10-2-1-3-12(19)8-10/h1-9H,(H,20,21,22). The van der Waals surface area contributed by atoms with Gasteiger partial charge in [-0.2, -0.15) is 0 Å². The lowest BCUT2D eigenvalue weighted by atomic mass is 10.2. The predicted molar refractivity (Wildman–Crippen MR) is 87.2 cm³/mol. The van der Waals surface area contributed by atoms with E-state index in [1.54, 1.807) is 30.3 Å². The van der Waals surface area contributed by atoms with Crippen LogP contribution >= 0.6 is 23.2 Å². The molecular weight excluding hydrogens is 324 g/mol. The van der Waals surface area contributed by atoms with Gasteiger partial charge in [-0.3, -0.25) is 0 Å². The average molecular weight is 334 g/mol. The Balaban J connectivity index is 1.94. The third kappa shape index (κ3) is 3.53. The molecule has 0 saturated carbocycles. The monoisotopic (exact) mass is 333 g/mol. The summed E-state index contributed by atoms with van der Waals surface area (Å²) in [6, 6.07) is 14.8. The highest BCUT2D eigenvalue weighted by atomic mass is 35.5. The van der Waals surface area contributed by atoms with E-state index in [1.165, 1.54) is 12.1 Å². The van der Waals surface area contributed by atoms with Gasteiger partial charge in [0, 0.05) is 22.3 Å². The van der Waals surface area contributed by atoms with Gasteiger partial charge in [0.1, 0.15) is 16.8 Å². The van der Waals surface area contributed by atoms with Crippen LogP contribution in [0.2, 0.25) is 10.2 Å². The molecule has 1 heterocycles. The second kappa shape index (κ2) is 6.30. The van der Waals surface area contributed by atoms with Crippen molar-refractivity contribution in [3.05, 3.63) is 70.6 Å². The third-order valence-corrected chi connectivity index (χ3v) is 3.34. The Morgan fingerprint density at radius 2 is 1.68 bits per heavy atom. The van der Waals surface area contributed by atoms with Gasteiger partial charge in [-0.15, -0.1) is 0 Å². The van der Waals surface area contributed by atoms with Crippen LogP contribution in [0.25, 0.3) is 11.4 Å². The van der Waals surface area contributed by atoms with Gasteiger partial charge in [-0.25, -0.2) is 14.4 Å². The van der Waals surface area contributed by atoms with Crippen LogP contribution in [0.4, 0.5) is 15.9 Å². The molecule has 3 nitrogen and oxygen atoms in total. The Morgan fingerprint density at radius 3 is 2.41 bits per heavy atom. The van der Waals surface area contributed by atoms with Crippen molar-refractivity contribution >= 4 is 34.7 Å². The molecule has 0 radical (unpaired) electrons. The van der Waals surface area contributed by atoms with Crippen molar-refractivity contribution in [2.45, 2.75) is 0 Å². The fraction of sp³-hybridized carbons (Fsp3) is 0. The first-order valence-corrected chi connectivity index (χ1v) is 7.19. The molecule has 6 heteroatoms. The molecule has 110 valence electrons. The van der Waals surface area contributed by atoms with E-state index in [0.29, 0.717) is 22.2 Å². The number of rotatable bonds is 3. The van der Waals surface area contributed by atoms with Crippen molar-refractivity contribution in [1.29, 1.82) is 0 Å². The molecular formula is C16H10Cl2FN3. The van der Waals surface area contributed by atoms with Crippen molar-refractivity contribution in [1.82, 2.24) is 9.97 Å². The first-order valence-electron chi connectivity index (χ1n) is 6.43. The van der Waals surface area contributed by atoms with Crippen LogP contribution in [0.1, 0.15) is 0 Å². The minimum atomic E-state index is -0.353. The molecule has 3 rings (SSSR count). The smallest absolute Gasteiger partial charge is 0.163 e. The van der Waals surface area contributed by atoms with Gasteiger partial charge in [-0.1, -0.05) is 35.3 Å². The zero-order chi connectivity index (χ0) is 15.5. The number of aromatic nitrogens is 2. The number of nitrogens with zero attached hydrogens (tertiary/aromatic N) is 2. The number of benzene rings is 2. The van der Waals surface area contributed by atoms with E-state index >= 15 is 0 Å². The quantitative estimate of drug-likeness (QED) is 0.658. The summed E-state index contributed by atoms with van der Waals surface area (Å²) in [5.74, 6) is 0.512. The zero-order valence-electron chi connectivity index (χ0n) is 11.2. The lowest BCUT2D eigenvalue weighted by molar-refractivity contribution is 0.628. The number of anilines is 2. The van der Waals surface area contributed by atoms with E-state index in [2.05, 4.69) is 15.3 Å². The van der Waals surface area contributed by atoms with Crippen LogP contribution in [0.15, 0.2) is 54.6 Å². The number of hydrogen-bond donors (Lipinski definition) is 1. The lowest BCUT2D eigenvalue weighted by Crippen LogP contribution is -1.98. The summed E-state index contributed by atoms with van der Waals surface area (Å²) in [6.07, 6.45) is 0. The van der Waals surface area contributed by atoms with E-state index in [-0.39, 0.29) is 11.0 Å². The van der Waals surface area contributed by atoms with Crippen LogP contribution in [-0.4, -0.2) is 9.97 Å². The molecule has 1 aromatic heterocycles. The number of halogens is 3. The van der Waals surface area contributed by atoms with Crippen molar-refractivity contribution < 1.29 is 4.39 Å². The molecule has 0 fully saturated rings. The second-order valence-corrected chi connectivity index (χ2v) is 5.37. The van der Waals surface area contributed by atoms with Gasteiger partial charge in [0.2, 0.25) is 0 Å². The van der Waals surface area contributed by atoms with Gasteiger partial charge in [-0.05, 0) is 36.4 Å². The Kier molecular flexibility index (Phi) is 4.22. The molecule has 0 atom stereocenters. The summed E-state index contributed by atoms with van der Waals surface area (Å²) < 4.78 is 13.3. The molecule has 3 aromatic rings. The van der Waals surface area contributed by atoms with Gasteiger partial charge >= 0.3 is 0 Å². The summed E-state index contributed by atoms with van der Waals surface area (Å²) in [7, 11) is 0. The molecule has 22 heavy (non-hydrogen) atoms. The van der Waals surface area contributed by atoms with Crippen LogP contribution in [0.5, 0.6) is 0 Å². The van der Waals surface area contributed by atoms with Crippen LogP contribution in [0, 0.1) is 5.82 Å². The Labute approximate surface area is 136 Å². The molecule has 0 aliphatic heterocycles. The summed E-state index contributed by atoms with van der Waals surface area (Å²) in [5, 5.41) is 4.02. The summed E-state index contributed by atoms with van der Waals surface area (Å²) in [4.78, 5) is 8.48. The van der Waals surface area contributed by atoms with E-state index in [0.717, 1.165) is 5.69 Å². The van der Waals surface area contributed by atoms with Gasteiger partial charge in [0.05, 0.1) is 0 Å². The molecule has 0 aliphatic rings. The molecule has 2 aromatic carbocycles. The maximum Gasteiger partial charge on any atom is 0.163 e. The summed E-state index contributed by atoms with van der Waals surface area (Å²) >= 11 is 11.9. The highest BCUT2D eigenvalue weighted by molar-refractivity contribution is 6.30. The molecule has 0 bridgehead atoms. The van der Waals surface area contributed by atoms with Crippen LogP contribution in [0.3, 0.4) is 0 Å². The highest BCUT2D eigenvalue weighted by Gasteiger charge is 2.07. The fourth-order valence-corrected chi connectivity index (χ4v) is 2.23. The Hall–Kier alpha value is -2.17. The minimum absolute atomic E-state index is 0.269.